The molecule has 0 bridgehead atoms. The lowest BCUT2D eigenvalue weighted by Crippen LogP contribution is -2.26. The van der Waals surface area contributed by atoms with Gasteiger partial charge < -0.3 is 15.1 Å². The summed E-state index contributed by atoms with van der Waals surface area (Å²) >= 11 is 0. The molecule has 27 heavy (non-hydrogen) atoms. The average molecular weight is 364 g/mol. The van der Waals surface area contributed by atoms with Gasteiger partial charge in [-0.25, -0.2) is 9.97 Å². The van der Waals surface area contributed by atoms with Crippen molar-refractivity contribution in [1.29, 1.82) is 0 Å². The molecule has 0 radical (unpaired) electrons. The number of rotatable bonds is 2. The Labute approximate surface area is 155 Å². The van der Waals surface area contributed by atoms with Gasteiger partial charge in [-0.1, -0.05) is 12.1 Å². The maximum Gasteiger partial charge on any atom is 0.260 e. The lowest BCUT2D eigenvalue weighted by molar-refractivity contribution is 0.0994. The second kappa shape index (κ2) is 6.31. The van der Waals surface area contributed by atoms with Gasteiger partial charge in [0.05, 0.1) is 16.9 Å². The number of fused-ring (bicyclic) bond motifs is 2. The number of carbonyl (C=O) groups excluding carboxylic acids is 1. The molecule has 0 saturated heterocycles. The van der Waals surface area contributed by atoms with Gasteiger partial charge in [-0.05, 0) is 25.1 Å². The lowest BCUT2D eigenvalue weighted by Gasteiger charge is -2.23. The van der Waals surface area contributed by atoms with E-state index in [0.717, 1.165) is 5.69 Å². The van der Waals surface area contributed by atoms with Gasteiger partial charge in [0, 0.05) is 32.0 Å². The molecule has 4 rings (SSSR count). The van der Waals surface area contributed by atoms with Gasteiger partial charge in [-0.3, -0.25) is 4.79 Å². The second-order valence-corrected chi connectivity index (χ2v) is 6.24. The Morgan fingerprint density at radius 1 is 1.07 bits per heavy atom. The summed E-state index contributed by atoms with van der Waals surface area (Å²) in [5.41, 5.74) is 3.10. The number of amides is 1. The summed E-state index contributed by atoms with van der Waals surface area (Å²) in [5, 5.41) is 2.99. The highest BCUT2D eigenvalue weighted by atomic mass is 19.1. The molecule has 1 aliphatic heterocycles. The fourth-order valence-electron chi connectivity index (χ4n) is 3.19. The topological polar surface area (TPSA) is 74.2 Å². The molecule has 0 fully saturated rings. The Bertz CT molecular complexity index is 1050. The Kier molecular flexibility index (Phi) is 3.95. The number of nitrogens with one attached hydrogen (secondary N) is 1. The Balaban J connectivity index is 1.85. The number of aryl methyl sites for hydroxylation is 1. The lowest BCUT2D eigenvalue weighted by atomic mass is 10.1. The first-order chi connectivity index (χ1) is 13.0. The maximum atomic E-state index is 13.4. The monoisotopic (exact) mass is 364 g/mol. The summed E-state index contributed by atoms with van der Waals surface area (Å²) in [6.45, 7) is 1.81. The van der Waals surface area contributed by atoms with Crippen molar-refractivity contribution in [2.24, 2.45) is 0 Å². The molecular weight excluding hydrogens is 347 g/mol. The van der Waals surface area contributed by atoms with Crippen molar-refractivity contribution in [2.75, 3.05) is 29.2 Å². The van der Waals surface area contributed by atoms with Crippen molar-refractivity contribution in [2.45, 2.75) is 6.92 Å². The molecular formula is C19H17FN6O. The van der Waals surface area contributed by atoms with Gasteiger partial charge in [-0.2, -0.15) is 9.37 Å². The third-order valence-electron chi connectivity index (χ3n) is 4.48. The molecule has 136 valence electrons. The van der Waals surface area contributed by atoms with Crippen LogP contribution in [0.1, 0.15) is 16.1 Å². The molecule has 1 aliphatic rings. The first kappa shape index (κ1) is 16.9. The number of nitrogens with zero attached hydrogens (tertiary/aromatic N) is 5. The molecule has 1 aromatic carbocycles. The maximum absolute atomic E-state index is 13.4. The molecule has 0 spiro atoms. The minimum Gasteiger partial charge on any atom is -0.327 e. The SMILES string of the molecule is Cc1nc(Nc2ccnc(F)c2)nc2c1N(C)C(=O)c1ccccc1N2C. The minimum absolute atomic E-state index is 0.125. The van der Waals surface area contributed by atoms with E-state index < -0.39 is 5.95 Å². The van der Waals surface area contributed by atoms with Crippen LogP contribution in [0.4, 0.5) is 33.2 Å². The van der Waals surface area contributed by atoms with E-state index in [1.54, 1.807) is 24.1 Å². The summed E-state index contributed by atoms with van der Waals surface area (Å²) in [6.07, 6.45) is 1.36. The molecule has 1 amide bonds. The predicted molar refractivity (Wildman–Crippen MR) is 101 cm³/mol. The van der Waals surface area contributed by atoms with Crippen LogP contribution in [-0.4, -0.2) is 35.0 Å². The molecule has 1 N–H and O–H groups in total. The third-order valence-corrected chi connectivity index (χ3v) is 4.48. The number of halogens is 1. The normalized spacial score (nSPS) is 13.1. The van der Waals surface area contributed by atoms with Gasteiger partial charge in [0.15, 0.2) is 5.82 Å². The van der Waals surface area contributed by atoms with E-state index in [0.29, 0.717) is 34.4 Å². The summed E-state index contributed by atoms with van der Waals surface area (Å²) in [6, 6.07) is 10.3. The number of para-hydroxylation sites is 1. The summed E-state index contributed by atoms with van der Waals surface area (Å²) in [7, 11) is 3.56. The number of aromatic nitrogens is 3. The van der Waals surface area contributed by atoms with Crippen molar-refractivity contribution < 1.29 is 9.18 Å². The zero-order chi connectivity index (χ0) is 19.1. The van der Waals surface area contributed by atoms with Gasteiger partial charge in [0.25, 0.3) is 5.91 Å². The highest BCUT2D eigenvalue weighted by Crippen LogP contribution is 2.39. The summed E-state index contributed by atoms with van der Waals surface area (Å²) in [5.74, 6) is 0.173. The number of hydrogen-bond acceptors (Lipinski definition) is 6. The van der Waals surface area contributed by atoms with Crippen LogP contribution in [0.25, 0.3) is 0 Å². The van der Waals surface area contributed by atoms with E-state index in [2.05, 4.69) is 20.3 Å². The largest absolute Gasteiger partial charge is 0.327 e. The van der Waals surface area contributed by atoms with Crippen molar-refractivity contribution in [3.63, 3.8) is 0 Å². The van der Waals surface area contributed by atoms with Crippen molar-refractivity contribution >= 4 is 34.7 Å². The van der Waals surface area contributed by atoms with Gasteiger partial charge in [0.1, 0.15) is 5.69 Å². The standard InChI is InChI=1S/C19H17FN6O/c1-11-16-17(24-19(22-11)23-12-8-9-21-15(20)10-12)25(2)14-7-5-4-6-13(14)18(27)26(16)3/h4-10H,1-3H3,(H,21,22,23,24). The second-order valence-electron chi connectivity index (χ2n) is 6.24. The molecule has 0 atom stereocenters. The van der Waals surface area contributed by atoms with Crippen LogP contribution in [0.3, 0.4) is 0 Å². The average Bonchev–Trinajstić information content (AvgIpc) is 2.72. The fraction of sp³-hybridized carbons (Fsp3) is 0.158. The zero-order valence-corrected chi connectivity index (χ0v) is 15.1. The quantitative estimate of drug-likeness (QED) is 0.703. The van der Waals surface area contributed by atoms with E-state index in [-0.39, 0.29) is 5.91 Å². The molecule has 0 unspecified atom stereocenters. The van der Waals surface area contributed by atoms with Crippen LogP contribution in [0.15, 0.2) is 42.6 Å². The molecule has 3 aromatic rings. The molecule has 0 saturated carbocycles. The number of benzene rings is 1. The number of hydrogen-bond donors (Lipinski definition) is 1. The highest BCUT2D eigenvalue weighted by Gasteiger charge is 2.30. The molecule has 2 aromatic heterocycles. The molecule has 7 nitrogen and oxygen atoms in total. The Morgan fingerprint density at radius 3 is 2.63 bits per heavy atom. The fourth-order valence-corrected chi connectivity index (χ4v) is 3.19. The third kappa shape index (κ3) is 2.84. The van der Waals surface area contributed by atoms with E-state index >= 15 is 0 Å². The van der Waals surface area contributed by atoms with E-state index in [4.69, 9.17) is 0 Å². The minimum atomic E-state index is -0.595. The molecule has 0 aliphatic carbocycles. The number of anilines is 5. The predicted octanol–water partition coefficient (Wildman–Crippen LogP) is 3.42. The van der Waals surface area contributed by atoms with Gasteiger partial charge in [-0.15, -0.1) is 0 Å². The van der Waals surface area contributed by atoms with Crippen molar-refractivity contribution in [1.82, 2.24) is 15.0 Å². The number of pyridine rings is 1. The first-order valence-electron chi connectivity index (χ1n) is 8.33. The van der Waals surface area contributed by atoms with E-state index in [1.807, 2.05) is 37.1 Å². The van der Waals surface area contributed by atoms with Crippen LogP contribution >= 0.6 is 0 Å². The van der Waals surface area contributed by atoms with Crippen molar-refractivity contribution in [3.05, 3.63) is 59.8 Å². The van der Waals surface area contributed by atoms with Crippen LogP contribution < -0.4 is 15.1 Å². The Morgan fingerprint density at radius 2 is 1.85 bits per heavy atom. The number of carbonyl (C=O) groups is 1. The Hall–Kier alpha value is -3.55. The van der Waals surface area contributed by atoms with Crippen LogP contribution in [0.5, 0.6) is 0 Å². The molecule has 3 heterocycles. The van der Waals surface area contributed by atoms with Gasteiger partial charge >= 0.3 is 0 Å². The smallest absolute Gasteiger partial charge is 0.260 e. The van der Waals surface area contributed by atoms with E-state index in [1.165, 1.54) is 12.3 Å². The first-order valence-corrected chi connectivity index (χ1v) is 8.33. The zero-order valence-electron chi connectivity index (χ0n) is 15.1. The van der Waals surface area contributed by atoms with Crippen LogP contribution in [0, 0.1) is 12.9 Å². The molecule has 8 heteroatoms. The summed E-state index contributed by atoms with van der Waals surface area (Å²) in [4.78, 5) is 28.9. The van der Waals surface area contributed by atoms with E-state index in [9.17, 15) is 9.18 Å². The van der Waals surface area contributed by atoms with Crippen LogP contribution in [-0.2, 0) is 0 Å². The van der Waals surface area contributed by atoms with Crippen LogP contribution in [0.2, 0.25) is 0 Å². The highest BCUT2D eigenvalue weighted by molar-refractivity contribution is 6.13. The summed E-state index contributed by atoms with van der Waals surface area (Å²) < 4.78 is 13.4. The van der Waals surface area contributed by atoms with Gasteiger partial charge in [0.2, 0.25) is 11.9 Å². The van der Waals surface area contributed by atoms with Crippen molar-refractivity contribution in [3.8, 4) is 0 Å².